The zero-order valence-electron chi connectivity index (χ0n) is 13.4. The molecule has 1 aromatic heterocycles. The molecule has 3 rings (SSSR count). The van der Waals surface area contributed by atoms with Crippen LogP contribution in [0.4, 0.5) is 0 Å². The largest absolute Gasteiger partial charge is 0.343 e. The van der Waals surface area contributed by atoms with E-state index in [4.69, 9.17) is 12.2 Å². The summed E-state index contributed by atoms with van der Waals surface area (Å²) in [6.45, 7) is 4.40. The van der Waals surface area contributed by atoms with Gasteiger partial charge in [-0.2, -0.15) is 5.10 Å². The highest BCUT2D eigenvalue weighted by Crippen LogP contribution is 2.19. The molecule has 23 heavy (non-hydrogen) atoms. The van der Waals surface area contributed by atoms with Crippen LogP contribution in [-0.2, 0) is 11.3 Å². The SMILES string of the molecule is Cc1ccc(-c2n[nH]c(=S)n2CCC(=O)N2CCCCC2)cc1. The Hall–Kier alpha value is -1.95. The second kappa shape index (κ2) is 7.08. The van der Waals surface area contributed by atoms with E-state index in [9.17, 15) is 4.79 Å². The number of aryl methyl sites for hydroxylation is 1. The van der Waals surface area contributed by atoms with Gasteiger partial charge in [0, 0.05) is 31.6 Å². The molecule has 122 valence electrons. The molecule has 1 aliphatic rings. The number of amides is 1. The molecule has 0 atom stereocenters. The van der Waals surface area contributed by atoms with Crippen molar-refractivity contribution in [3.8, 4) is 11.4 Å². The number of aromatic amines is 1. The number of carbonyl (C=O) groups excluding carboxylic acids is 1. The fourth-order valence-corrected chi connectivity index (χ4v) is 3.18. The number of likely N-dealkylation sites (tertiary alicyclic amines) is 1. The molecule has 1 N–H and O–H groups in total. The maximum Gasteiger partial charge on any atom is 0.224 e. The molecule has 1 aromatic carbocycles. The van der Waals surface area contributed by atoms with E-state index < -0.39 is 0 Å². The molecule has 1 aliphatic heterocycles. The van der Waals surface area contributed by atoms with Crippen LogP contribution in [0.5, 0.6) is 0 Å². The summed E-state index contributed by atoms with van der Waals surface area (Å²) in [5.74, 6) is 1.00. The van der Waals surface area contributed by atoms with E-state index in [1.54, 1.807) is 0 Å². The van der Waals surface area contributed by atoms with E-state index in [2.05, 4.69) is 29.3 Å². The third-order valence-electron chi connectivity index (χ3n) is 4.33. The minimum absolute atomic E-state index is 0.211. The van der Waals surface area contributed by atoms with Crippen LogP contribution in [0.25, 0.3) is 11.4 Å². The third-order valence-corrected chi connectivity index (χ3v) is 4.64. The Morgan fingerprint density at radius 2 is 1.91 bits per heavy atom. The maximum atomic E-state index is 12.3. The summed E-state index contributed by atoms with van der Waals surface area (Å²) in [6, 6.07) is 8.17. The number of hydrogen-bond acceptors (Lipinski definition) is 3. The van der Waals surface area contributed by atoms with Crippen molar-refractivity contribution in [3.63, 3.8) is 0 Å². The van der Waals surface area contributed by atoms with Gasteiger partial charge in [0.1, 0.15) is 0 Å². The third kappa shape index (κ3) is 3.69. The lowest BCUT2D eigenvalue weighted by Gasteiger charge is -2.26. The number of nitrogens with zero attached hydrogens (tertiary/aromatic N) is 3. The number of aromatic nitrogens is 3. The second-order valence-corrected chi connectivity index (χ2v) is 6.45. The summed E-state index contributed by atoms with van der Waals surface area (Å²) in [6.07, 6.45) is 3.93. The first kappa shape index (κ1) is 15.9. The first-order chi connectivity index (χ1) is 11.1. The molecule has 2 aromatic rings. The van der Waals surface area contributed by atoms with Crippen LogP contribution in [0.1, 0.15) is 31.2 Å². The van der Waals surface area contributed by atoms with Crippen molar-refractivity contribution in [3.05, 3.63) is 34.6 Å². The lowest BCUT2D eigenvalue weighted by molar-refractivity contribution is -0.132. The average Bonchev–Trinajstić information content (AvgIpc) is 2.95. The van der Waals surface area contributed by atoms with Crippen LogP contribution in [0.3, 0.4) is 0 Å². The Balaban J connectivity index is 1.73. The van der Waals surface area contributed by atoms with Gasteiger partial charge in [0.05, 0.1) is 0 Å². The fraction of sp³-hybridized carbons (Fsp3) is 0.471. The van der Waals surface area contributed by atoms with Crippen molar-refractivity contribution in [1.29, 1.82) is 0 Å². The van der Waals surface area contributed by atoms with Gasteiger partial charge in [-0.05, 0) is 38.4 Å². The van der Waals surface area contributed by atoms with Gasteiger partial charge in [0.25, 0.3) is 0 Å². The molecule has 1 fully saturated rings. The van der Waals surface area contributed by atoms with E-state index in [0.717, 1.165) is 37.3 Å². The molecular formula is C17H22N4OS. The van der Waals surface area contributed by atoms with Gasteiger partial charge in [-0.3, -0.25) is 14.5 Å². The van der Waals surface area contributed by atoms with Crippen LogP contribution in [-0.4, -0.2) is 38.7 Å². The van der Waals surface area contributed by atoms with E-state index in [1.165, 1.54) is 12.0 Å². The smallest absolute Gasteiger partial charge is 0.224 e. The van der Waals surface area contributed by atoms with Crippen molar-refractivity contribution >= 4 is 18.1 Å². The highest BCUT2D eigenvalue weighted by molar-refractivity contribution is 7.71. The van der Waals surface area contributed by atoms with Crippen molar-refractivity contribution < 1.29 is 4.79 Å². The molecular weight excluding hydrogens is 308 g/mol. The monoisotopic (exact) mass is 330 g/mol. The lowest BCUT2D eigenvalue weighted by Crippen LogP contribution is -2.36. The summed E-state index contributed by atoms with van der Waals surface area (Å²) in [4.78, 5) is 14.3. The number of H-pyrrole nitrogens is 1. The first-order valence-electron chi connectivity index (χ1n) is 8.15. The number of rotatable bonds is 4. The van der Waals surface area contributed by atoms with Crippen LogP contribution in [0, 0.1) is 11.7 Å². The van der Waals surface area contributed by atoms with Crippen molar-refractivity contribution in [2.24, 2.45) is 0 Å². The average molecular weight is 330 g/mol. The van der Waals surface area contributed by atoms with Gasteiger partial charge in [-0.15, -0.1) is 0 Å². The first-order valence-corrected chi connectivity index (χ1v) is 8.56. The molecule has 0 spiro atoms. The highest BCUT2D eigenvalue weighted by atomic mass is 32.1. The lowest BCUT2D eigenvalue weighted by atomic mass is 10.1. The Labute approximate surface area is 141 Å². The zero-order valence-corrected chi connectivity index (χ0v) is 14.2. The van der Waals surface area contributed by atoms with Gasteiger partial charge >= 0.3 is 0 Å². The van der Waals surface area contributed by atoms with Crippen LogP contribution >= 0.6 is 12.2 Å². The minimum atomic E-state index is 0.211. The summed E-state index contributed by atoms with van der Waals surface area (Å²) >= 11 is 5.33. The molecule has 1 saturated heterocycles. The maximum absolute atomic E-state index is 12.3. The van der Waals surface area contributed by atoms with Gasteiger partial charge < -0.3 is 4.90 Å². The van der Waals surface area contributed by atoms with Crippen LogP contribution in [0.15, 0.2) is 24.3 Å². The summed E-state index contributed by atoms with van der Waals surface area (Å²) in [5, 5.41) is 7.17. The number of hydrogen-bond donors (Lipinski definition) is 1. The second-order valence-electron chi connectivity index (χ2n) is 6.06. The van der Waals surface area contributed by atoms with Crippen molar-refractivity contribution in [2.45, 2.75) is 39.2 Å². The van der Waals surface area contributed by atoms with Crippen LogP contribution < -0.4 is 0 Å². The van der Waals surface area contributed by atoms with Gasteiger partial charge in [0.15, 0.2) is 10.6 Å². The Bertz CT molecular complexity index is 726. The van der Waals surface area contributed by atoms with Crippen LogP contribution in [0.2, 0.25) is 0 Å². The standard InChI is InChI=1S/C17H22N4OS/c1-13-5-7-14(8-6-13)16-18-19-17(23)21(16)12-9-15(22)20-10-3-2-4-11-20/h5-8H,2-4,9-12H2,1H3,(H,19,23). The zero-order chi connectivity index (χ0) is 16.2. The van der Waals surface area contributed by atoms with Crippen molar-refractivity contribution in [1.82, 2.24) is 19.7 Å². The summed E-state index contributed by atoms with van der Waals surface area (Å²) < 4.78 is 2.48. The predicted octanol–water partition coefficient (Wildman–Crippen LogP) is 3.32. The molecule has 5 nitrogen and oxygen atoms in total. The van der Waals surface area contributed by atoms with E-state index >= 15 is 0 Å². The van der Waals surface area contributed by atoms with Gasteiger partial charge in [-0.25, -0.2) is 0 Å². The molecule has 0 aliphatic carbocycles. The topological polar surface area (TPSA) is 53.9 Å². The van der Waals surface area contributed by atoms with Gasteiger partial charge in [0.2, 0.25) is 5.91 Å². The van der Waals surface area contributed by atoms with Gasteiger partial charge in [-0.1, -0.05) is 29.8 Å². The summed E-state index contributed by atoms with van der Waals surface area (Å²) in [7, 11) is 0. The molecule has 6 heteroatoms. The van der Waals surface area contributed by atoms with Crippen molar-refractivity contribution in [2.75, 3.05) is 13.1 Å². The number of benzene rings is 1. The summed E-state index contributed by atoms with van der Waals surface area (Å²) in [5.41, 5.74) is 2.21. The molecule has 0 radical (unpaired) electrons. The fourth-order valence-electron chi connectivity index (χ4n) is 2.96. The predicted molar refractivity (Wildman–Crippen MR) is 92.6 cm³/mol. The number of carbonyl (C=O) groups is 1. The Kier molecular flexibility index (Phi) is 4.91. The molecule has 0 unspecified atom stereocenters. The Morgan fingerprint density at radius 1 is 1.22 bits per heavy atom. The molecule has 0 saturated carbocycles. The van der Waals surface area contributed by atoms with E-state index in [1.807, 2.05) is 21.6 Å². The minimum Gasteiger partial charge on any atom is -0.343 e. The highest BCUT2D eigenvalue weighted by Gasteiger charge is 2.17. The quantitative estimate of drug-likeness (QED) is 0.875. The number of nitrogens with one attached hydrogen (secondary N) is 1. The normalized spacial score (nSPS) is 14.9. The molecule has 0 bridgehead atoms. The van der Waals surface area contributed by atoms with E-state index in [-0.39, 0.29) is 5.91 Å². The molecule has 1 amide bonds. The molecule has 2 heterocycles. The van der Waals surface area contributed by atoms with E-state index in [0.29, 0.717) is 17.7 Å². The number of piperidine rings is 1. The Morgan fingerprint density at radius 3 is 2.61 bits per heavy atom.